The van der Waals surface area contributed by atoms with Crippen LogP contribution in [-0.4, -0.2) is 61.9 Å². The molecular weight excluding hydrogens is 278 g/mol. The quantitative estimate of drug-likeness (QED) is 0.890. The van der Waals surface area contributed by atoms with E-state index >= 15 is 0 Å². The Kier molecular flexibility index (Phi) is 5.95. The third-order valence-corrected chi connectivity index (χ3v) is 3.96. The van der Waals surface area contributed by atoms with Crippen LogP contribution >= 0.6 is 0 Å². The van der Waals surface area contributed by atoms with Gasteiger partial charge in [-0.3, -0.25) is 9.59 Å². The Bertz CT molecular complexity index is 502. The lowest BCUT2D eigenvalue weighted by Gasteiger charge is -2.32. The van der Waals surface area contributed by atoms with Crippen molar-refractivity contribution < 1.29 is 9.59 Å². The summed E-state index contributed by atoms with van der Waals surface area (Å²) >= 11 is 0. The first-order valence-electron chi connectivity index (χ1n) is 7.84. The first kappa shape index (κ1) is 16.5. The van der Waals surface area contributed by atoms with E-state index in [1.165, 1.54) is 0 Å². The maximum atomic E-state index is 12.5. The number of hydrogen-bond acceptors (Lipinski definition) is 3. The third-order valence-electron chi connectivity index (χ3n) is 3.96. The first-order chi connectivity index (χ1) is 10.6. The molecule has 1 aliphatic heterocycles. The van der Waals surface area contributed by atoms with Gasteiger partial charge in [0, 0.05) is 31.7 Å². The predicted octanol–water partition coefficient (Wildman–Crippen LogP) is 1.22. The van der Waals surface area contributed by atoms with E-state index in [0.29, 0.717) is 18.7 Å². The highest BCUT2D eigenvalue weighted by molar-refractivity contribution is 5.94. The van der Waals surface area contributed by atoms with Crippen LogP contribution in [0.15, 0.2) is 30.3 Å². The average Bonchev–Trinajstić information content (AvgIpc) is 2.54. The number of carbonyl (C=O) groups is 2. The smallest absolute Gasteiger partial charge is 0.253 e. The summed E-state index contributed by atoms with van der Waals surface area (Å²) in [6, 6.07) is 9.27. The molecule has 5 heteroatoms. The van der Waals surface area contributed by atoms with Crippen molar-refractivity contribution in [2.75, 3.05) is 40.3 Å². The minimum absolute atomic E-state index is 0.0198. The molecule has 2 amide bonds. The monoisotopic (exact) mass is 303 g/mol. The minimum atomic E-state index is -0.0939. The van der Waals surface area contributed by atoms with Crippen LogP contribution in [0.25, 0.3) is 0 Å². The molecule has 1 unspecified atom stereocenters. The number of piperidine rings is 1. The second-order valence-corrected chi connectivity index (χ2v) is 6.05. The van der Waals surface area contributed by atoms with Gasteiger partial charge in [-0.1, -0.05) is 18.2 Å². The third kappa shape index (κ3) is 4.56. The van der Waals surface area contributed by atoms with Crippen molar-refractivity contribution in [3.05, 3.63) is 35.9 Å². The molecule has 1 aromatic carbocycles. The van der Waals surface area contributed by atoms with Gasteiger partial charge in [0.2, 0.25) is 5.91 Å². The maximum Gasteiger partial charge on any atom is 0.253 e. The average molecular weight is 303 g/mol. The summed E-state index contributed by atoms with van der Waals surface area (Å²) in [6.07, 6.45) is 1.73. The van der Waals surface area contributed by atoms with E-state index in [2.05, 4.69) is 5.32 Å². The lowest BCUT2D eigenvalue weighted by molar-refractivity contribution is -0.126. The molecule has 0 aliphatic carbocycles. The second kappa shape index (κ2) is 7.94. The van der Waals surface area contributed by atoms with Gasteiger partial charge in [-0.05, 0) is 39.1 Å². The molecule has 1 aromatic rings. The molecule has 1 N–H and O–H groups in total. The zero-order chi connectivity index (χ0) is 15.9. The normalized spacial score (nSPS) is 18.3. The molecule has 5 nitrogen and oxygen atoms in total. The van der Waals surface area contributed by atoms with E-state index in [-0.39, 0.29) is 17.7 Å². The van der Waals surface area contributed by atoms with Crippen LogP contribution in [0.3, 0.4) is 0 Å². The lowest BCUT2D eigenvalue weighted by Crippen LogP contribution is -2.46. The summed E-state index contributed by atoms with van der Waals surface area (Å²) in [6.45, 7) is 2.72. The number of amides is 2. The topological polar surface area (TPSA) is 52.7 Å². The number of likely N-dealkylation sites (tertiary alicyclic amines) is 1. The summed E-state index contributed by atoms with van der Waals surface area (Å²) in [7, 11) is 3.96. The molecule has 1 aliphatic rings. The Morgan fingerprint density at radius 1 is 1.27 bits per heavy atom. The number of rotatable bonds is 5. The molecule has 2 rings (SSSR count). The van der Waals surface area contributed by atoms with E-state index in [1.54, 1.807) is 4.90 Å². The largest absolute Gasteiger partial charge is 0.355 e. The van der Waals surface area contributed by atoms with Crippen LogP contribution in [0, 0.1) is 5.92 Å². The van der Waals surface area contributed by atoms with Crippen molar-refractivity contribution in [1.82, 2.24) is 15.1 Å². The standard InChI is InChI=1S/C17H25N3O2/c1-19(2)12-10-18-16(21)15-9-6-11-20(13-15)17(22)14-7-4-3-5-8-14/h3-5,7-8,15H,6,9-13H2,1-2H3,(H,18,21). The van der Waals surface area contributed by atoms with Gasteiger partial charge in [-0.25, -0.2) is 0 Å². The van der Waals surface area contributed by atoms with E-state index < -0.39 is 0 Å². The van der Waals surface area contributed by atoms with Gasteiger partial charge in [-0.2, -0.15) is 0 Å². The summed E-state index contributed by atoms with van der Waals surface area (Å²) in [5, 5.41) is 2.96. The van der Waals surface area contributed by atoms with E-state index in [1.807, 2.05) is 49.3 Å². The minimum Gasteiger partial charge on any atom is -0.355 e. The Hall–Kier alpha value is -1.88. The molecule has 1 fully saturated rings. The predicted molar refractivity (Wildman–Crippen MR) is 86.6 cm³/mol. The van der Waals surface area contributed by atoms with Crippen molar-refractivity contribution in [2.45, 2.75) is 12.8 Å². The number of nitrogens with zero attached hydrogens (tertiary/aromatic N) is 2. The van der Waals surface area contributed by atoms with Gasteiger partial charge in [0.15, 0.2) is 0 Å². The van der Waals surface area contributed by atoms with Gasteiger partial charge in [0.1, 0.15) is 0 Å². The van der Waals surface area contributed by atoms with Crippen molar-refractivity contribution in [1.29, 1.82) is 0 Å². The SMILES string of the molecule is CN(C)CCNC(=O)C1CCCN(C(=O)c2ccccc2)C1. The molecule has 1 atom stereocenters. The van der Waals surface area contributed by atoms with Gasteiger partial charge in [0.05, 0.1) is 5.92 Å². The molecule has 0 radical (unpaired) electrons. The summed E-state index contributed by atoms with van der Waals surface area (Å²) in [5.74, 6) is -0.0117. The Morgan fingerprint density at radius 3 is 2.68 bits per heavy atom. The Morgan fingerprint density at radius 2 is 2.00 bits per heavy atom. The molecule has 0 spiro atoms. The van der Waals surface area contributed by atoms with Crippen LogP contribution in [-0.2, 0) is 4.79 Å². The molecule has 22 heavy (non-hydrogen) atoms. The van der Waals surface area contributed by atoms with Crippen molar-refractivity contribution in [3.63, 3.8) is 0 Å². The van der Waals surface area contributed by atoms with Crippen molar-refractivity contribution >= 4 is 11.8 Å². The first-order valence-corrected chi connectivity index (χ1v) is 7.84. The Balaban J connectivity index is 1.88. The molecule has 1 saturated heterocycles. The van der Waals surface area contributed by atoms with E-state index in [0.717, 1.165) is 25.9 Å². The van der Waals surface area contributed by atoms with Crippen LogP contribution < -0.4 is 5.32 Å². The lowest BCUT2D eigenvalue weighted by atomic mass is 9.96. The van der Waals surface area contributed by atoms with Crippen molar-refractivity contribution in [2.24, 2.45) is 5.92 Å². The number of hydrogen-bond donors (Lipinski definition) is 1. The molecule has 1 heterocycles. The molecule has 0 saturated carbocycles. The highest BCUT2D eigenvalue weighted by Crippen LogP contribution is 2.18. The fourth-order valence-corrected chi connectivity index (χ4v) is 2.69. The van der Waals surface area contributed by atoms with Gasteiger partial charge < -0.3 is 15.1 Å². The van der Waals surface area contributed by atoms with Gasteiger partial charge in [0.25, 0.3) is 5.91 Å². The Labute approximate surface area is 132 Å². The van der Waals surface area contributed by atoms with Crippen LogP contribution in [0.5, 0.6) is 0 Å². The number of carbonyl (C=O) groups excluding carboxylic acids is 2. The molecule has 120 valence electrons. The summed E-state index contributed by atoms with van der Waals surface area (Å²) in [5.41, 5.74) is 0.691. The van der Waals surface area contributed by atoms with Crippen LogP contribution in [0.4, 0.5) is 0 Å². The molecule has 0 aromatic heterocycles. The highest BCUT2D eigenvalue weighted by atomic mass is 16.2. The highest BCUT2D eigenvalue weighted by Gasteiger charge is 2.28. The maximum absolute atomic E-state index is 12.5. The fourth-order valence-electron chi connectivity index (χ4n) is 2.69. The molecular formula is C17H25N3O2. The van der Waals surface area contributed by atoms with Gasteiger partial charge in [-0.15, -0.1) is 0 Å². The van der Waals surface area contributed by atoms with Crippen LogP contribution in [0.1, 0.15) is 23.2 Å². The zero-order valence-corrected chi connectivity index (χ0v) is 13.4. The van der Waals surface area contributed by atoms with Crippen molar-refractivity contribution in [3.8, 4) is 0 Å². The van der Waals surface area contributed by atoms with E-state index in [9.17, 15) is 9.59 Å². The second-order valence-electron chi connectivity index (χ2n) is 6.05. The number of likely N-dealkylation sites (N-methyl/N-ethyl adjacent to an activating group) is 1. The van der Waals surface area contributed by atoms with Crippen LogP contribution in [0.2, 0.25) is 0 Å². The summed E-state index contributed by atoms with van der Waals surface area (Å²) < 4.78 is 0. The van der Waals surface area contributed by atoms with E-state index in [4.69, 9.17) is 0 Å². The number of nitrogens with one attached hydrogen (secondary N) is 1. The zero-order valence-electron chi connectivity index (χ0n) is 13.4. The fraction of sp³-hybridized carbons (Fsp3) is 0.529. The summed E-state index contributed by atoms with van der Waals surface area (Å²) in [4.78, 5) is 28.5. The molecule has 0 bridgehead atoms. The van der Waals surface area contributed by atoms with Gasteiger partial charge >= 0.3 is 0 Å². The number of benzene rings is 1.